The van der Waals surface area contributed by atoms with Gasteiger partial charge in [0.15, 0.2) is 0 Å². The number of aliphatic hydroxyl groups excluding tert-OH is 1. The Labute approximate surface area is 123 Å². The summed E-state index contributed by atoms with van der Waals surface area (Å²) in [7, 11) is 0. The van der Waals surface area contributed by atoms with E-state index in [1.54, 1.807) is 0 Å². The zero-order valence-corrected chi connectivity index (χ0v) is 11.8. The minimum absolute atomic E-state index is 0.176. The Balaban J connectivity index is 2.00. The molecule has 1 aromatic heterocycles. The molecule has 0 saturated heterocycles. The van der Waals surface area contributed by atoms with Crippen molar-refractivity contribution in [2.45, 2.75) is 13.0 Å². The molecule has 0 aliphatic rings. The summed E-state index contributed by atoms with van der Waals surface area (Å²) in [5.74, 6) is 0. The normalized spacial score (nSPS) is 11.1. The van der Waals surface area contributed by atoms with Crippen LogP contribution in [0.1, 0.15) is 11.1 Å². The van der Waals surface area contributed by atoms with Gasteiger partial charge in [0.05, 0.1) is 0 Å². The van der Waals surface area contributed by atoms with Gasteiger partial charge in [0.25, 0.3) is 0 Å². The lowest BCUT2D eigenvalue weighted by atomic mass is 10.1. The molecular weight excluding hydrogens is 270 g/mol. The van der Waals surface area contributed by atoms with Crippen LogP contribution in [0.3, 0.4) is 0 Å². The Hall–Kier alpha value is -1.77. The van der Waals surface area contributed by atoms with Gasteiger partial charge in [-0.2, -0.15) is 0 Å². The van der Waals surface area contributed by atoms with Crippen molar-refractivity contribution >= 4 is 22.5 Å². The minimum Gasteiger partial charge on any atom is -0.396 e. The van der Waals surface area contributed by atoms with Gasteiger partial charge in [0.1, 0.15) is 0 Å². The first-order chi connectivity index (χ1) is 9.78. The fourth-order valence-electron chi connectivity index (χ4n) is 2.56. The zero-order chi connectivity index (χ0) is 13.9. The average molecular weight is 286 g/mol. The smallest absolute Gasteiger partial charge is 0.0486 e. The molecule has 0 bridgehead atoms. The molecule has 0 unspecified atom stereocenters. The van der Waals surface area contributed by atoms with Crippen molar-refractivity contribution in [1.82, 2.24) is 4.57 Å². The molecule has 1 N–H and O–H groups in total. The van der Waals surface area contributed by atoms with E-state index in [-0.39, 0.29) is 6.61 Å². The number of aromatic nitrogens is 1. The molecule has 0 radical (unpaired) electrons. The fourth-order valence-corrected chi connectivity index (χ4v) is 2.69. The first-order valence-electron chi connectivity index (χ1n) is 6.70. The Morgan fingerprint density at radius 1 is 1.00 bits per heavy atom. The topological polar surface area (TPSA) is 25.2 Å². The van der Waals surface area contributed by atoms with Gasteiger partial charge in [-0.25, -0.2) is 0 Å². The third kappa shape index (κ3) is 2.58. The largest absolute Gasteiger partial charge is 0.396 e. The summed E-state index contributed by atoms with van der Waals surface area (Å²) in [5, 5.41) is 11.2. The lowest BCUT2D eigenvalue weighted by molar-refractivity contribution is 0.300. The zero-order valence-electron chi connectivity index (χ0n) is 11.1. The van der Waals surface area contributed by atoms with Crippen molar-refractivity contribution in [2.24, 2.45) is 0 Å². The van der Waals surface area contributed by atoms with E-state index in [4.69, 9.17) is 11.6 Å². The number of hydrogen-bond donors (Lipinski definition) is 1. The molecule has 2 aromatic carbocycles. The van der Waals surface area contributed by atoms with Gasteiger partial charge in [0.2, 0.25) is 0 Å². The highest BCUT2D eigenvalue weighted by Gasteiger charge is 2.07. The molecule has 3 rings (SSSR count). The van der Waals surface area contributed by atoms with Gasteiger partial charge in [-0.15, -0.1) is 0 Å². The molecule has 0 aliphatic carbocycles. The number of aliphatic hydroxyl groups is 1. The van der Waals surface area contributed by atoms with Gasteiger partial charge in [-0.1, -0.05) is 41.9 Å². The molecular formula is C17H16ClNO. The number of fused-ring (bicyclic) bond motifs is 1. The predicted molar refractivity (Wildman–Crippen MR) is 83.3 cm³/mol. The third-order valence-electron chi connectivity index (χ3n) is 3.52. The van der Waals surface area contributed by atoms with Gasteiger partial charge in [-0.05, 0) is 35.7 Å². The van der Waals surface area contributed by atoms with Crippen LogP contribution in [0.15, 0.2) is 54.7 Å². The van der Waals surface area contributed by atoms with Crippen LogP contribution < -0.4 is 0 Å². The molecule has 0 atom stereocenters. The highest BCUT2D eigenvalue weighted by molar-refractivity contribution is 6.30. The fraction of sp³-hybridized carbons (Fsp3) is 0.176. The Morgan fingerprint density at radius 2 is 1.75 bits per heavy atom. The molecule has 0 aliphatic heterocycles. The maximum Gasteiger partial charge on any atom is 0.0486 e. The van der Waals surface area contributed by atoms with E-state index in [2.05, 4.69) is 22.9 Å². The molecule has 20 heavy (non-hydrogen) atoms. The van der Waals surface area contributed by atoms with E-state index in [9.17, 15) is 5.11 Å². The first-order valence-corrected chi connectivity index (χ1v) is 7.08. The van der Waals surface area contributed by atoms with Crippen molar-refractivity contribution in [3.8, 4) is 0 Å². The van der Waals surface area contributed by atoms with Crippen LogP contribution in [-0.4, -0.2) is 16.3 Å². The predicted octanol–water partition coefficient (Wildman–Crippen LogP) is 3.88. The molecule has 2 nitrogen and oxygen atoms in total. The Morgan fingerprint density at radius 3 is 2.50 bits per heavy atom. The number of para-hydroxylation sites is 1. The molecule has 3 heteroatoms. The number of benzene rings is 2. The molecule has 0 saturated carbocycles. The van der Waals surface area contributed by atoms with Crippen LogP contribution in [0.25, 0.3) is 10.9 Å². The maximum atomic E-state index is 9.18. The highest BCUT2D eigenvalue weighted by Crippen LogP contribution is 2.23. The van der Waals surface area contributed by atoms with Crippen LogP contribution in [0.4, 0.5) is 0 Å². The molecule has 1 heterocycles. The van der Waals surface area contributed by atoms with E-state index >= 15 is 0 Å². The van der Waals surface area contributed by atoms with Gasteiger partial charge in [0, 0.05) is 35.3 Å². The number of nitrogens with zero attached hydrogens (tertiary/aromatic N) is 1. The number of hydrogen-bond acceptors (Lipinski definition) is 1. The first kappa shape index (κ1) is 13.2. The van der Waals surface area contributed by atoms with E-state index in [0.717, 1.165) is 11.6 Å². The molecule has 0 fully saturated rings. The third-order valence-corrected chi connectivity index (χ3v) is 3.77. The quantitative estimate of drug-likeness (QED) is 0.773. The molecule has 0 spiro atoms. The second kappa shape index (κ2) is 5.70. The van der Waals surface area contributed by atoms with Crippen molar-refractivity contribution in [2.75, 3.05) is 6.61 Å². The standard InChI is InChI=1S/C17H16ClNO/c18-15-7-5-13(6-8-15)11-19-12-14(9-10-20)16-3-1-2-4-17(16)19/h1-8,12,20H,9-11H2. The molecule has 102 valence electrons. The SMILES string of the molecule is OCCc1cn(Cc2ccc(Cl)cc2)c2ccccc12. The molecule has 0 amide bonds. The highest BCUT2D eigenvalue weighted by atomic mass is 35.5. The summed E-state index contributed by atoms with van der Waals surface area (Å²) in [6.45, 7) is 0.984. The van der Waals surface area contributed by atoms with Crippen molar-refractivity contribution in [1.29, 1.82) is 0 Å². The van der Waals surface area contributed by atoms with Crippen LogP contribution in [0.5, 0.6) is 0 Å². The van der Waals surface area contributed by atoms with E-state index in [0.29, 0.717) is 6.42 Å². The summed E-state index contributed by atoms with van der Waals surface area (Å²) in [4.78, 5) is 0. The van der Waals surface area contributed by atoms with Crippen LogP contribution in [0.2, 0.25) is 5.02 Å². The van der Waals surface area contributed by atoms with Gasteiger partial charge < -0.3 is 9.67 Å². The second-order valence-electron chi connectivity index (χ2n) is 4.90. The van der Waals surface area contributed by atoms with Crippen molar-refractivity contribution in [3.05, 3.63) is 70.9 Å². The lowest BCUT2D eigenvalue weighted by Crippen LogP contribution is -1.97. The summed E-state index contributed by atoms with van der Waals surface area (Å²) in [6.07, 6.45) is 2.82. The summed E-state index contributed by atoms with van der Waals surface area (Å²) < 4.78 is 2.23. The number of halogens is 1. The van der Waals surface area contributed by atoms with Gasteiger partial charge >= 0.3 is 0 Å². The lowest BCUT2D eigenvalue weighted by Gasteiger charge is -2.05. The van der Waals surface area contributed by atoms with Crippen LogP contribution >= 0.6 is 11.6 Å². The summed E-state index contributed by atoms with van der Waals surface area (Å²) in [5.41, 5.74) is 3.61. The van der Waals surface area contributed by atoms with Crippen LogP contribution in [0, 0.1) is 0 Å². The average Bonchev–Trinajstić information content (AvgIpc) is 2.81. The second-order valence-corrected chi connectivity index (χ2v) is 5.34. The maximum absolute atomic E-state index is 9.18. The Bertz CT molecular complexity index is 715. The van der Waals surface area contributed by atoms with E-state index in [1.807, 2.05) is 36.4 Å². The number of rotatable bonds is 4. The van der Waals surface area contributed by atoms with Crippen molar-refractivity contribution in [3.63, 3.8) is 0 Å². The van der Waals surface area contributed by atoms with E-state index in [1.165, 1.54) is 22.0 Å². The minimum atomic E-state index is 0.176. The van der Waals surface area contributed by atoms with E-state index < -0.39 is 0 Å². The van der Waals surface area contributed by atoms with Gasteiger partial charge in [-0.3, -0.25) is 0 Å². The van der Waals surface area contributed by atoms with Crippen molar-refractivity contribution < 1.29 is 5.11 Å². The molecule has 3 aromatic rings. The summed E-state index contributed by atoms with van der Waals surface area (Å²) in [6, 6.07) is 16.2. The monoisotopic (exact) mass is 285 g/mol. The van der Waals surface area contributed by atoms with Crippen LogP contribution in [-0.2, 0) is 13.0 Å². The Kier molecular flexibility index (Phi) is 3.77. The summed E-state index contributed by atoms with van der Waals surface area (Å²) >= 11 is 5.92.